The average Bonchev–Trinajstić information content (AvgIpc) is 3.36. The summed E-state index contributed by atoms with van der Waals surface area (Å²) in [5.74, 6) is 2.88. The van der Waals surface area contributed by atoms with Gasteiger partial charge in [0.1, 0.15) is 11.4 Å². The van der Waals surface area contributed by atoms with Crippen molar-refractivity contribution in [3.05, 3.63) is 54.5 Å². The van der Waals surface area contributed by atoms with E-state index in [9.17, 15) is 4.79 Å². The van der Waals surface area contributed by atoms with E-state index >= 15 is 0 Å². The number of fused-ring (bicyclic) bond motifs is 1. The summed E-state index contributed by atoms with van der Waals surface area (Å²) >= 11 is 0. The fourth-order valence-corrected chi connectivity index (χ4v) is 3.03. The van der Waals surface area contributed by atoms with E-state index in [0.29, 0.717) is 43.0 Å². The minimum atomic E-state index is -0.414. The summed E-state index contributed by atoms with van der Waals surface area (Å²) in [6.45, 7) is 0.456. The second-order valence-electron chi connectivity index (χ2n) is 6.36. The highest BCUT2D eigenvalue weighted by molar-refractivity contribution is 5.99. The number of carbonyl (C=O) groups is 1. The molecule has 4 rings (SSSR count). The molecule has 1 aromatic carbocycles. The topological polar surface area (TPSA) is 84.0 Å². The molecule has 1 aliphatic rings. The Balaban J connectivity index is 1.55. The van der Waals surface area contributed by atoms with Crippen LogP contribution in [0, 0.1) is 12.3 Å². The molecule has 0 saturated carbocycles. The van der Waals surface area contributed by atoms with Crippen LogP contribution in [0.3, 0.4) is 0 Å². The van der Waals surface area contributed by atoms with Crippen LogP contribution in [-0.2, 0) is 0 Å². The van der Waals surface area contributed by atoms with Gasteiger partial charge in [-0.3, -0.25) is 9.20 Å². The van der Waals surface area contributed by atoms with Crippen molar-refractivity contribution in [2.45, 2.75) is 24.9 Å². The SMILES string of the molecule is C#CCCC1(CCNC(=O)c2c(-c3ccccc3)nc3ncccn23)N=N1. The largest absolute Gasteiger partial charge is 0.351 e. The third-order valence-electron chi connectivity index (χ3n) is 4.53. The predicted molar refractivity (Wildman–Crippen MR) is 101 cm³/mol. The van der Waals surface area contributed by atoms with Crippen LogP contribution in [0.1, 0.15) is 29.8 Å². The zero-order valence-electron chi connectivity index (χ0n) is 14.7. The molecule has 0 unspecified atom stereocenters. The van der Waals surface area contributed by atoms with Crippen molar-refractivity contribution < 1.29 is 4.79 Å². The second-order valence-corrected chi connectivity index (χ2v) is 6.36. The van der Waals surface area contributed by atoms with Crippen LogP contribution in [0.5, 0.6) is 0 Å². The van der Waals surface area contributed by atoms with Crippen LogP contribution >= 0.6 is 0 Å². The van der Waals surface area contributed by atoms with Crippen molar-refractivity contribution in [2.24, 2.45) is 10.2 Å². The number of rotatable bonds is 7. The lowest BCUT2D eigenvalue weighted by Crippen LogP contribution is -2.29. The Hall–Kier alpha value is -3.53. The van der Waals surface area contributed by atoms with Gasteiger partial charge < -0.3 is 5.32 Å². The molecule has 3 heterocycles. The van der Waals surface area contributed by atoms with Gasteiger partial charge in [-0.15, -0.1) is 12.3 Å². The van der Waals surface area contributed by atoms with Crippen LogP contribution in [0.4, 0.5) is 0 Å². The summed E-state index contributed by atoms with van der Waals surface area (Å²) in [6, 6.07) is 11.4. The summed E-state index contributed by atoms with van der Waals surface area (Å²) < 4.78 is 1.71. The van der Waals surface area contributed by atoms with Gasteiger partial charge in [-0.25, -0.2) is 9.97 Å². The van der Waals surface area contributed by atoms with Crippen molar-refractivity contribution in [1.82, 2.24) is 19.7 Å². The maximum absolute atomic E-state index is 12.9. The van der Waals surface area contributed by atoms with E-state index in [4.69, 9.17) is 6.42 Å². The first-order valence-electron chi connectivity index (χ1n) is 8.77. The summed E-state index contributed by atoms with van der Waals surface area (Å²) in [6.07, 6.45) is 10.7. The molecule has 0 radical (unpaired) electrons. The quantitative estimate of drug-likeness (QED) is 0.659. The number of imidazole rings is 1. The summed E-state index contributed by atoms with van der Waals surface area (Å²) in [7, 11) is 0. The Morgan fingerprint density at radius 2 is 2.00 bits per heavy atom. The van der Waals surface area contributed by atoms with E-state index in [1.165, 1.54) is 0 Å². The van der Waals surface area contributed by atoms with E-state index in [-0.39, 0.29) is 5.91 Å². The number of hydrogen-bond acceptors (Lipinski definition) is 5. The van der Waals surface area contributed by atoms with Crippen LogP contribution in [-0.4, -0.2) is 32.5 Å². The van der Waals surface area contributed by atoms with Gasteiger partial charge in [0.05, 0.1) is 0 Å². The van der Waals surface area contributed by atoms with Gasteiger partial charge in [0.15, 0.2) is 5.66 Å². The van der Waals surface area contributed by atoms with Gasteiger partial charge in [0, 0.05) is 43.8 Å². The van der Waals surface area contributed by atoms with E-state index in [1.54, 1.807) is 22.9 Å². The minimum Gasteiger partial charge on any atom is -0.351 e. The predicted octanol–water partition coefficient (Wildman–Crippen LogP) is 3.09. The molecule has 0 bridgehead atoms. The lowest BCUT2D eigenvalue weighted by Gasteiger charge is -2.10. The molecule has 7 heteroatoms. The van der Waals surface area contributed by atoms with E-state index in [1.807, 2.05) is 30.3 Å². The van der Waals surface area contributed by atoms with E-state index < -0.39 is 5.66 Å². The molecule has 0 spiro atoms. The lowest BCUT2D eigenvalue weighted by molar-refractivity contribution is 0.0946. The van der Waals surface area contributed by atoms with Crippen molar-refractivity contribution in [3.63, 3.8) is 0 Å². The number of hydrogen-bond donors (Lipinski definition) is 1. The van der Waals surface area contributed by atoms with Crippen LogP contribution < -0.4 is 5.32 Å². The van der Waals surface area contributed by atoms with Gasteiger partial charge >= 0.3 is 0 Å². The maximum Gasteiger partial charge on any atom is 0.270 e. The number of benzene rings is 1. The molecule has 1 N–H and O–H groups in total. The molecule has 1 aliphatic heterocycles. The third-order valence-corrected chi connectivity index (χ3v) is 4.53. The molecule has 134 valence electrons. The van der Waals surface area contributed by atoms with Crippen molar-refractivity contribution in [3.8, 4) is 23.6 Å². The van der Waals surface area contributed by atoms with Gasteiger partial charge in [0.25, 0.3) is 5.91 Å². The number of terminal acetylenes is 1. The lowest BCUT2D eigenvalue weighted by atomic mass is 10.0. The molecule has 3 aromatic rings. The first-order valence-corrected chi connectivity index (χ1v) is 8.77. The normalized spacial score (nSPS) is 14.0. The minimum absolute atomic E-state index is 0.206. The maximum atomic E-state index is 12.9. The number of aromatic nitrogens is 3. The van der Waals surface area contributed by atoms with Crippen molar-refractivity contribution in [1.29, 1.82) is 0 Å². The first kappa shape index (κ1) is 16.9. The molecule has 0 aliphatic carbocycles. The Labute approximate surface area is 156 Å². The third kappa shape index (κ3) is 3.42. The molecule has 7 nitrogen and oxygen atoms in total. The van der Waals surface area contributed by atoms with E-state index in [2.05, 4.69) is 31.4 Å². The fourth-order valence-electron chi connectivity index (χ4n) is 3.03. The Morgan fingerprint density at radius 1 is 1.19 bits per heavy atom. The standard InChI is InChI=1S/C20H18N6O/c1-2-3-10-20(24-25-20)11-13-21-18(27)17-16(15-8-5-4-6-9-15)23-19-22-12-7-14-26(17)19/h1,4-9,12,14H,3,10-11,13H2,(H,21,27). The van der Waals surface area contributed by atoms with Gasteiger partial charge in [-0.05, 0) is 6.07 Å². The highest BCUT2D eigenvalue weighted by atomic mass is 16.1. The molecule has 0 atom stereocenters. The smallest absolute Gasteiger partial charge is 0.270 e. The molecule has 0 saturated heterocycles. The summed E-state index contributed by atoms with van der Waals surface area (Å²) in [5, 5.41) is 11.2. The number of amides is 1. The zero-order chi connectivity index (χ0) is 18.7. The molecule has 27 heavy (non-hydrogen) atoms. The number of carbonyl (C=O) groups excluding carboxylic acids is 1. The molecular weight excluding hydrogens is 340 g/mol. The van der Waals surface area contributed by atoms with Crippen LogP contribution in [0.25, 0.3) is 17.0 Å². The molecular formula is C20H18N6O. The van der Waals surface area contributed by atoms with Gasteiger partial charge in [-0.2, -0.15) is 10.2 Å². The fraction of sp³-hybridized carbons (Fsp3) is 0.250. The number of nitrogens with zero attached hydrogens (tertiary/aromatic N) is 5. The average molecular weight is 358 g/mol. The van der Waals surface area contributed by atoms with Crippen molar-refractivity contribution in [2.75, 3.05) is 6.54 Å². The van der Waals surface area contributed by atoms with Gasteiger partial charge in [-0.1, -0.05) is 30.3 Å². The molecule has 0 fully saturated rings. The number of nitrogens with one attached hydrogen (secondary N) is 1. The van der Waals surface area contributed by atoms with Gasteiger partial charge in [0.2, 0.25) is 5.78 Å². The monoisotopic (exact) mass is 358 g/mol. The van der Waals surface area contributed by atoms with Crippen LogP contribution in [0.15, 0.2) is 59.0 Å². The summed E-state index contributed by atoms with van der Waals surface area (Å²) in [5.41, 5.74) is 1.52. The summed E-state index contributed by atoms with van der Waals surface area (Å²) in [4.78, 5) is 21.7. The zero-order valence-corrected chi connectivity index (χ0v) is 14.7. The van der Waals surface area contributed by atoms with Crippen LogP contribution in [0.2, 0.25) is 0 Å². The second kappa shape index (κ2) is 7.00. The molecule has 2 aromatic heterocycles. The van der Waals surface area contributed by atoms with E-state index in [0.717, 1.165) is 5.56 Å². The highest BCUT2D eigenvalue weighted by Gasteiger charge is 2.38. The van der Waals surface area contributed by atoms with Crippen molar-refractivity contribution >= 4 is 11.7 Å². The first-order chi connectivity index (χ1) is 13.2. The Morgan fingerprint density at radius 3 is 2.74 bits per heavy atom. The molecule has 1 amide bonds. The Kier molecular flexibility index (Phi) is 4.38. The Bertz CT molecular complexity index is 1040. The highest BCUT2D eigenvalue weighted by Crippen LogP contribution is 2.36.